The number of aryl methyl sites for hydroxylation is 1. The highest BCUT2D eigenvalue weighted by atomic mass is 32.2. The van der Waals surface area contributed by atoms with Crippen LogP contribution in [0.4, 0.5) is 11.4 Å². The Morgan fingerprint density at radius 2 is 1.64 bits per heavy atom. The molecule has 0 atom stereocenters. The van der Waals surface area contributed by atoms with E-state index < -0.39 is 10.0 Å². The van der Waals surface area contributed by atoms with Crippen LogP contribution >= 0.6 is 0 Å². The fraction of sp³-hybridized carbons (Fsp3) is 0.240. The van der Waals surface area contributed by atoms with E-state index >= 15 is 0 Å². The van der Waals surface area contributed by atoms with E-state index in [0.29, 0.717) is 30.1 Å². The zero-order valence-corrected chi connectivity index (χ0v) is 19.5. The minimum Gasteiger partial charge on any atom is -0.495 e. The van der Waals surface area contributed by atoms with Gasteiger partial charge in [0.2, 0.25) is 0 Å². The summed E-state index contributed by atoms with van der Waals surface area (Å²) in [5, 5.41) is 0. The van der Waals surface area contributed by atoms with Crippen molar-refractivity contribution in [2.24, 2.45) is 0 Å². The standard InChI is InChI=1S/C25H27N3O4S/c1-19-7-5-9-21(17-19)27-13-15-28(16-14-27)25(29)20-8-6-10-22(18-20)33(30,31)26-23-11-3-4-12-24(23)32-2/h3-12,17-18,26H,13-16H2,1-2H3. The van der Waals surface area contributed by atoms with E-state index in [0.717, 1.165) is 18.8 Å². The first-order valence-electron chi connectivity index (χ1n) is 10.7. The molecule has 4 rings (SSSR count). The molecule has 33 heavy (non-hydrogen) atoms. The Morgan fingerprint density at radius 3 is 2.36 bits per heavy atom. The number of amides is 1. The van der Waals surface area contributed by atoms with Crippen molar-refractivity contribution < 1.29 is 17.9 Å². The Kier molecular flexibility index (Phi) is 6.55. The Bertz CT molecular complexity index is 1250. The average Bonchev–Trinajstić information content (AvgIpc) is 2.84. The number of nitrogens with zero attached hydrogens (tertiary/aromatic N) is 2. The van der Waals surface area contributed by atoms with Gasteiger partial charge in [-0.2, -0.15) is 0 Å². The number of para-hydroxylation sites is 2. The number of nitrogens with one attached hydrogen (secondary N) is 1. The highest BCUT2D eigenvalue weighted by molar-refractivity contribution is 7.92. The molecule has 0 spiro atoms. The lowest BCUT2D eigenvalue weighted by Gasteiger charge is -2.36. The molecule has 172 valence electrons. The van der Waals surface area contributed by atoms with Gasteiger partial charge in [-0.1, -0.05) is 30.3 Å². The van der Waals surface area contributed by atoms with Crippen LogP contribution in [0, 0.1) is 6.92 Å². The zero-order chi connectivity index (χ0) is 23.4. The van der Waals surface area contributed by atoms with Crippen LogP contribution in [0.2, 0.25) is 0 Å². The van der Waals surface area contributed by atoms with Crippen LogP contribution in [0.3, 0.4) is 0 Å². The lowest BCUT2D eigenvalue weighted by Crippen LogP contribution is -2.48. The fourth-order valence-corrected chi connectivity index (χ4v) is 5.02. The van der Waals surface area contributed by atoms with Gasteiger partial charge in [0.05, 0.1) is 17.7 Å². The molecule has 0 aromatic heterocycles. The van der Waals surface area contributed by atoms with Crippen molar-refractivity contribution in [3.05, 3.63) is 83.9 Å². The van der Waals surface area contributed by atoms with Gasteiger partial charge in [0.1, 0.15) is 5.75 Å². The highest BCUT2D eigenvalue weighted by Crippen LogP contribution is 2.26. The number of carbonyl (C=O) groups is 1. The van der Waals surface area contributed by atoms with E-state index in [1.165, 1.54) is 24.8 Å². The summed E-state index contributed by atoms with van der Waals surface area (Å²) in [6, 6.07) is 21.2. The molecule has 3 aromatic rings. The van der Waals surface area contributed by atoms with E-state index in [4.69, 9.17) is 4.74 Å². The van der Waals surface area contributed by atoms with Gasteiger partial charge in [0, 0.05) is 37.4 Å². The minimum absolute atomic E-state index is 0.0256. The lowest BCUT2D eigenvalue weighted by molar-refractivity contribution is 0.0746. The number of methoxy groups -OCH3 is 1. The Balaban J connectivity index is 1.47. The van der Waals surface area contributed by atoms with Crippen LogP contribution in [0.25, 0.3) is 0 Å². The molecule has 0 unspecified atom stereocenters. The van der Waals surface area contributed by atoms with Gasteiger partial charge in [-0.05, 0) is 55.0 Å². The smallest absolute Gasteiger partial charge is 0.262 e. The summed E-state index contributed by atoms with van der Waals surface area (Å²) in [4.78, 5) is 17.2. The molecular formula is C25H27N3O4S. The number of ether oxygens (including phenoxy) is 1. The molecule has 0 saturated carbocycles. The lowest BCUT2D eigenvalue weighted by atomic mass is 10.1. The SMILES string of the molecule is COc1ccccc1NS(=O)(=O)c1cccc(C(=O)N2CCN(c3cccc(C)c3)CC2)c1. The average molecular weight is 466 g/mol. The van der Waals surface area contributed by atoms with E-state index in [9.17, 15) is 13.2 Å². The zero-order valence-electron chi connectivity index (χ0n) is 18.7. The van der Waals surface area contributed by atoms with Crippen molar-refractivity contribution in [3.63, 3.8) is 0 Å². The van der Waals surface area contributed by atoms with Crippen molar-refractivity contribution in [1.82, 2.24) is 4.90 Å². The van der Waals surface area contributed by atoms with Gasteiger partial charge in [-0.25, -0.2) is 8.42 Å². The molecule has 1 aliphatic heterocycles. The number of sulfonamides is 1. The molecule has 0 aliphatic carbocycles. The molecule has 0 bridgehead atoms. The Morgan fingerprint density at radius 1 is 0.909 bits per heavy atom. The maximum Gasteiger partial charge on any atom is 0.262 e. The number of anilines is 2. The van der Waals surface area contributed by atoms with E-state index in [1.807, 2.05) is 6.07 Å². The van der Waals surface area contributed by atoms with Crippen molar-refractivity contribution in [2.75, 3.05) is 42.9 Å². The van der Waals surface area contributed by atoms with Crippen molar-refractivity contribution in [3.8, 4) is 5.75 Å². The first-order valence-corrected chi connectivity index (χ1v) is 12.2. The van der Waals surface area contributed by atoms with Crippen LogP contribution in [0.1, 0.15) is 15.9 Å². The second-order valence-corrected chi connectivity index (χ2v) is 9.63. The number of piperazine rings is 1. The third-order valence-corrected chi connectivity index (χ3v) is 7.04. The molecule has 0 radical (unpaired) electrons. The third kappa shape index (κ3) is 5.12. The molecule has 1 fully saturated rings. The van der Waals surface area contributed by atoms with E-state index in [2.05, 4.69) is 34.7 Å². The first-order chi connectivity index (χ1) is 15.9. The maximum atomic E-state index is 13.1. The molecule has 1 aliphatic rings. The molecule has 1 N–H and O–H groups in total. The number of hydrogen-bond donors (Lipinski definition) is 1. The van der Waals surface area contributed by atoms with Gasteiger partial charge in [0.25, 0.3) is 15.9 Å². The van der Waals surface area contributed by atoms with Crippen molar-refractivity contribution in [1.29, 1.82) is 0 Å². The summed E-state index contributed by atoms with van der Waals surface area (Å²) in [6.07, 6.45) is 0. The predicted octanol–water partition coefficient (Wildman–Crippen LogP) is 3.77. The van der Waals surface area contributed by atoms with Crippen molar-refractivity contribution >= 4 is 27.3 Å². The number of rotatable bonds is 6. The molecule has 1 heterocycles. The quantitative estimate of drug-likeness (QED) is 0.600. The van der Waals surface area contributed by atoms with Crippen LogP contribution < -0.4 is 14.4 Å². The van der Waals surface area contributed by atoms with Gasteiger partial charge in [-0.3, -0.25) is 9.52 Å². The second kappa shape index (κ2) is 9.54. The minimum atomic E-state index is -3.89. The van der Waals surface area contributed by atoms with Crippen LogP contribution in [0.5, 0.6) is 5.75 Å². The molecule has 1 amide bonds. The van der Waals surface area contributed by atoms with E-state index in [-0.39, 0.29) is 10.8 Å². The van der Waals surface area contributed by atoms with Gasteiger partial charge < -0.3 is 14.5 Å². The summed E-state index contributed by atoms with van der Waals surface area (Å²) in [6.45, 7) is 4.66. The van der Waals surface area contributed by atoms with Crippen LogP contribution in [-0.2, 0) is 10.0 Å². The summed E-state index contributed by atoms with van der Waals surface area (Å²) >= 11 is 0. The van der Waals surface area contributed by atoms with Crippen LogP contribution in [-0.4, -0.2) is 52.5 Å². The summed E-state index contributed by atoms with van der Waals surface area (Å²) in [7, 11) is -2.41. The first kappa shape index (κ1) is 22.7. The predicted molar refractivity (Wildman–Crippen MR) is 130 cm³/mol. The number of benzene rings is 3. The molecule has 3 aromatic carbocycles. The Hall–Kier alpha value is -3.52. The van der Waals surface area contributed by atoms with Crippen LogP contribution in [0.15, 0.2) is 77.7 Å². The normalized spacial score (nSPS) is 14.1. The fourth-order valence-electron chi connectivity index (χ4n) is 3.90. The number of hydrogen-bond acceptors (Lipinski definition) is 5. The Labute approximate surface area is 194 Å². The van der Waals surface area contributed by atoms with Gasteiger partial charge >= 0.3 is 0 Å². The molecule has 7 nitrogen and oxygen atoms in total. The monoisotopic (exact) mass is 465 g/mol. The second-order valence-electron chi connectivity index (χ2n) is 7.95. The summed E-state index contributed by atoms with van der Waals surface area (Å²) in [5.41, 5.74) is 3.04. The summed E-state index contributed by atoms with van der Waals surface area (Å²) in [5.74, 6) is 0.244. The maximum absolute atomic E-state index is 13.1. The molecule has 1 saturated heterocycles. The number of carbonyl (C=O) groups excluding carboxylic acids is 1. The third-order valence-electron chi connectivity index (χ3n) is 5.68. The van der Waals surface area contributed by atoms with Crippen molar-refractivity contribution in [2.45, 2.75) is 11.8 Å². The van der Waals surface area contributed by atoms with E-state index in [1.54, 1.807) is 41.3 Å². The topological polar surface area (TPSA) is 78.9 Å². The molecule has 8 heteroatoms. The summed E-state index contributed by atoms with van der Waals surface area (Å²) < 4.78 is 33.7. The highest BCUT2D eigenvalue weighted by Gasteiger charge is 2.24. The van der Waals surface area contributed by atoms with Gasteiger partial charge in [0.15, 0.2) is 0 Å². The van der Waals surface area contributed by atoms with Gasteiger partial charge in [-0.15, -0.1) is 0 Å². The molecular weight excluding hydrogens is 438 g/mol. The largest absolute Gasteiger partial charge is 0.495 e.